The molecule has 3 nitrogen and oxygen atoms in total. The number of hydrogen-bond acceptors (Lipinski definition) is 3. The number of halogens is 1. The second-order valence-corrected chi connectivity index (χ2v) is 7.27. The average molecular weight is 316 g/mol. The Morgan fingerprint density at radius 2 is 2.24 bits per heavy atom. The molecule has 2 N–H and O–H groups in total. The molecule has 1 aromatic rings. The molecule has 2 unspecified atom stereocenters. The van der Waals surface area contributed by atoms with E-state index in [4.69, 9.17) is 0 Å². The molecule has 0 bridgehead atoms. The van der Waals surface area contributed by atoms with Crippen LogP contribution in [0.1, 0.15) is 24.8 Å². The Kier molecular flexibility index (Phi) is 3.52. The summed E-state index contributed by atoms with van der Waals surface area (Å²) in [6, 6.07) is 7.43. The highest BCUT2D eigenvalue weighted by Gasteiger charge is 2.45. The quantitative estimate of drug-likeness (QED) is 0.880. The van der Waals surface area contributed by atoms with Crippen molar-refractivity contribution in [3.8, 4) is 0 Å². The van der Waals surface area contributed by atoms with Crippen molar-refractivity contribution in [2.75, 3.05) is 0 Å². The van der Waals surface area contributed by atoms with Crippen LogP contribution >= 0.6 is 27.7 Å². The standard InChI is InChI=1S/C12H14BrNO2S/c1-12(2)9(11(15)16)14-10(17-12)7-4-3-5-8(13)6-7/h3-6,9-10,14H,1-2H3,(H,15,16). The topological polar surface area (TPSA) is 49.3 Å². The number of nitrogens with one attached hydrogen (secondary N) is 1. The summed E-state index contributed by atoms with van der Waals surface area (Å²) in [4.78, 5) is 11.2. The molecule has 0 spiro atoms. The van der Waals surface area contributed by atoms with Crippen LogP contribution in [0.2, 0.25) is 0 Å². The Labute approximate surface area is 113 Å². The van der Waals surface area contributed by atoms with Gasteiger partial charge in [0.25, 0.3) is 0 Å². The van der Waals surface area contributed by atoms with Crippen LogP contribution in [-0.4, -0.2) is 21.9 Å². The molecule has 2 atom stereocenters. The first kappa shape index (κ1) is 12.9. The number of carbonyl (C=O) groups is 1. The van der Waals surface area contributed by atoms with Crippen molar-refractivity contribution in [3.63, 3.8) is 0 Å². The van der Waals surface area contributed by atoms with Gasteiger partial charge in [0.15, 0.2) is 0 Å². The minimum atomic E-state index is -0.792. The molecule has 17 heavy (non-hydrogen) atoms. The van der Waals surface area contributed by atoms with Crippen LogP contribution in [-0.2, 0) is 4.79 Å². The van der Waals surface area contributed by atoms with Gasteiger partial charge >= 0.3 is 5.97 Å². The third-order valence-electron chi connectivity index (χ3n) is 2.83. The second-order valence-electron chi connectivity index (χ2n) is 4.59. The zero-order chi connectivity index (χ0) is 12.6. The van der Waals surface area contributed by atoms with Gasteiger partial charge in [-0.3, -0.25) is 10.1 Å². The summed E-state index contributed by atoms with van der Waals surface area (Å²) in [6.07, 6.45) is 0. The smallest absolute Gasteiger partial charge is 0.322 e. The SMILES string of the molecule is CC1(C)SC(c2cccc(Br)c2)NC1C(=O)O. The highest BCUT2D eigenvalue weighted by molar-refractivity contribution is 9.10. The summed E-state index contributed by atoms with van der Waals surface area (Å²) in [5, 5.41) is 12.4. The highest BCUT2D eigenvalue weighted by Crippen LogP contribution is 2.45. The fourth-order valence-corrected chi connectivity index (χ4v) is 3.78. The number of thioether (sulfide) groups is 1. The number of carboxylic acids is 1. The van der Waals surface area contributed by atoms with Gasteiger partial charge in [0, 0.05) is 9.22 Å². The zero-order valence-corrected chi connectivity index (χ0v) is 12.0. The molecule has 1 aromatic carbocycles. The lowest BCUT2D eigenvalue weighted by molar-refractivity contribution is -0.139. The van der Waals surface area contributed by atoms with Gasteiger partial charge in [0.1, 0.15) is 6.04 Å². The van der Waals surface area contributed by atoms with Crippen LogP contribution in [0, 0.1) is 0 Å². The Bertz CT molecular complexity index is 450. The van der Waals surface area contributed by atoms with E-state index in [9.17, 15) is 9.90 Å². The molecule has 0 radical (unpaired) electrons. The molecule has 92 valence electrons. The third kappa shape index (κ3) is 2.67. The number of hydrogen-bond donors (Lipinski definition) is 2. The van der Waals surface area contributed by atoms with Crippen molar-refractivity contribution in [3.05, 3.63) is 34.3 Å². The van der Waals surface area contributed by atoms with Crippen molar-refractivity contribution in [2.45, 2.75) is 30.0 Å². The van der Waals surface area contributed by atoms with Crippen LogP contribution in [0.5, 0.6) is 0 Å². The Morgan fingerprint density at radius 3 is 2.76 bits per heavy atom. The summed E-state index contributed by atoms with van der Waals surface area (Å²) >= 11 is 5.08. The third-order valence-corrected chi connectivity index (χ3v) is 4.81. The van der Waals surface area contributed by atoms with Gasteiger partial charge in [-0.2, -0.15) is 0 Å². The Hall–Kier alpha value is -0.520. The molecule has 1 aliphatic rings. The van der Waals surface area contributed by atoms with Crippen LogP contribution < -0.4 is 5.32 Å². The maximum Gasteiger partial charge on any atom is 0.322 e. The van der Waals surface area contributed by atoms with E-state index < -0.39 is 12.0 Å². The number of rotatable bonds is 2. The second kappa shape index (κ2) is 4.63. The normalized spacial score (nSPS) is 27.0. The van der Waals surface area contributed by atoms with E-state index in [1.54, 1.807) is 11.8 Å². The number of benzene rings is 1. The van der Waals surface area contributed by atoms with E-state index in [0.717, 1.165) is 10.0 Å². The van der Waals surface area contributed by atoms with E-state index in [0.29, 0.717) is 0 Å². The Balaban J connectivity index is 2.24. The van der Waals surface area contributed by atoms with Crippen molar-refractivity contribution in [1.29, 1.82) is 0 Å². The van der Waals surface area contributed by atoms with Crippen molar-refractivity contribution in [1.82, 2.24) is 5.32 Å². The van der Waals surface area contributed by atoms with Crippen LogP contribution in [0.15, 0.2) is 28.7 Å². The van der Waals surface area contributed by atoms with Crippen molar-refractivity contribution < 1.29 is 9.90 Å². The lowest BCUT2D eigenvalue weighted by Gasteiger charge is -2.20. The van der Waals surface area contributed by atoms with E-state index in [-0.39, 0.29) is 10.1 Å². The molecule has 1 aliphatic heterocycles. The maximum absolute atomic E-state index is 11.2. The van der Waals surface area contributed by atoms with Crippen LogP contribution in [0.4, 0.5) is 0 Å². The van der Waals surface area contributed by atoms with Gasteiger partial charge in [-0.15, -0.1) is 11.8 Å². The summed E-state index contributed by atoms with van der Waals surface area (Å²) in [5.74, 6) is -0.792. The largest absolute Gasteiger partial charge is 0.480 e. The fraction of sp³-hybridized carbons (Fsp3) is 0.417. The lowest BCUT2D eigenvalue weighted by atomic mass is 10.0. The first-order valence-corrected chi connectivity index (χ1v) is 6.99. The van der Waals surface area contributed by atoms with Crippen molar-refractivity contribution >= 4 is 33.7 Å². The predicted octanol–water partition coefficient (Wildman–Crippen LogP) is 3.02. The van der Waals surface area contributed by atoms with Gasteiger partial charge in [0.2, 0.25) is 0 Å². The van der Waals surface area contributed by atoms with E-state index in [1.807, 2.05) is 38.1 Å². The number of carboxylic acid groups (broad SMARTS) is 1. The maximum atomic E-state index is 11.2. The molecule has 0 aromatic heterocycles. The monoisotopic (exact) mass is 315 g/mol. The van der Waals surface area contributed by atoms with Gasteiger partial charge in [0.05, 0.1) is 5.37 Å². The van der Waals surface area contributed by atoms with Crippen LogP contribution in [0.3, 0.4) is 0 Å². The van der Waals surface area contributed by atoms with Gasteiger partial charge in [-0.05, 0) is 31.5 Å². The van der Waals surface area contributed by atoms with Crippen molar-refractivity contribution in [2.24, 2.45) is 0 Å². The zero-order valence-electron chi connectivity index (χ0n) is 9.61. The molecular formula is C12H14BrNO2S. The van der Waals surface area contributed by atoms with Gasteiger partial charge < -0.3 is 5.11 Å². The minimum absolute atomic E-state index is 0.0311. The molecule has 1 fully saturated rings. The van der Waals surface area contributed by atoms with Gasteiger partial charge in [-0.25, -0.2) is 0 Å². The first-order chi connectivity index (χ1) is 7.90. The summed E-state index contributed by atoms with van der Waals surface area (Å²) in [5.41, 5.74) is 1.10. The molecule has 0 aliphatic carbocycles. The minimum Gasteiger partial charge on any atom is -0.480 e. The summed E-state index contributed by atoms with van der Waals surface area (Å²) in [6.45, 7) is 3.92. The van der Waals surface area contributed by atoms with E-state index in [2.05, 4.69) is 21.2 Å². The Morgan fingerprint density at radius 1 is 1.53 bits per heavy atom. The molecule has 0 amide bonds. The summed E-state index contributed by atoms with van der Waals surface area (Å²) in [7, 11) is 0. The highest BCUT2D eigenvalue weighted by atomic mass is 79.9. The fourth-order valence-electron chi connectivity index (χ4n) is 1.96. The molecule has 1 heterocycles. The summed E-state index contributed by atoms with van der Waals surface area (Å²) < 4.78 is 0.702. The molecule has 0 saturated carbocycles. The average Bonchev–Trinajstić information content (AvgIpc) is 2.54. The molecular weight excluding hydrogens is 302 g/mol. The lowest BCUT2D eigenvalue weighted by Crippen LogP contribution is -2.43. The van der Waals surface area contributed by atoms with Gasteiger partial charge in [-0.1, -0.05) is 28.1 Å². The number of aliphatic carboxylic acids is 1. The predicted molar refractivity (Wildman–Crippen MR) is 73.1 cm³/mol. The molecule has 2 rings (SSSR count). The molecule has 5 heteroatoms. The van der Waals surface area contributed by atoms with Crippen LogP contribution in [0.25, 0.3) is 0 Å². The molecule has 1 saturated heterocycles. The van der Waals surface area contributed by atoms with E-state index in [1.165, 1.54) is 0 Å². The first-order valence-electron chi connectivity index (χ1n) is 5.32. The van der Waals surface area contributed by atoms with E-state index >= 15 is 0 Å².